The quantitative estimate of drug-likeness (QED) is 0.0941. The molecule has 0 unspecified atom stereocenters. The van der Waals surface area contributed by atoms with Gasteiger partial charge in [0, 0.05) is 0 Å². The van der Waals surface area contributed by atoms with Crippen molar-refractivity contribution in [1.82, 2.24) is 0 Å². The summed E-state index contributed by atoms with van der Waals surface area (Å²) in [6.45, 7) is 3.78. The Bertz CT molecular complexity index is 1500. The molecule has 0 bridgehead atoms. The van der Waals surface area contributed by atoms with Crippen LogP contribution in [0.5, 0.6) is 0 Å². The monoisotopic (exact) mass is 696 g/mol. The fourth-order valence-corrected chi connectivity index (χ4v) is 15.0. The second-order valence-electron chi connectivity index (χ2n) is 9.69. The number of carbonyl (C=O) groups excluding carboxylic acids is 2. The maximum atomic E-state index is 14.7. The van der Waals surface area contributed by atoms with E-state index >= 15 is 0 Å². The van der Waals surface area contributed by atoms with Gasteiger partial charge in [-0.1, -0.05) is 0 Å². The predicted molar refractivity (Wildman–Crippen MR) is 168 cm³/mol. The average molecular weight is 696 g/mol. The molecule has 41 heavy (non-hydrogen) atoms. The molecule has 0 saturated heterocycles. The molecule has 4 rings (SSSR count). The van der Waals surface area contributed by atoms with Gasteiger partial charge in [-0.25, -0.2) is 0 Å². The summed E-state index contributed by atoms with van der Waals surface area (Å²) >= 11 is 7.79. The Kier molecular flexibility index (Phi) is 10.3. The molecule has 0 fully saturated rings. The van der Waals surface area contributed by atoms with Gasteiger partial charge in [-0.3, -0.25) is 0 Å². The summed E-state index contributed by atoms with van der Waals surface area (Å²) in [5.74, 6) is -0.858. The molecule has 0 saturated carbocycles. The van der Waals surface area contributed by atoms with Gasteiger partial charge in [-0.15, -0.1) is 0 Å². The minimum atomic E-state index is -4.49. The van der Waals surface area contributed by atoms with Crippen molar-refractivity contribution in [2.45, 2.75) is 22.7 Å². The van der Waals surface area contributed by atoms with Gasteiger partial charge in [-0.2, -0.15) is 0 Å². The molecule has 208 valence electrons. The SMILES string of the molecule is C[CH2][Sn]([CH2]C)([C](=O)/C(=C/c1cccc(F)c1)c1ccc(Cl)cc1)[C](=O)/C(=C/c1cccc(F)c1)c1ccc(Cl)cc1. The first-order valence-corrected chi connectivity index (χ1v) is 20.9. The molecule has 4 aromatic rings. The average Bonchev–Trinajstić information content (AvgIpc) is 2.96. The van der Waals surface area contributed by atoms with Gasteiger partial charge in [-0.05, 0) is 0 Å². The summed E-state index contributed by atoms with van der Waals surface area (Å²) in [6.07, 6.45) is 3.30. The van der Waals surface area contributed by atoms with Crippen molar-refractivity contribution < 1.29 is 18.4 Å². The van der Waals surface area contributed by atoms with E-state index in [1.165, 1.54) is 24.3 Å². The maximum absolute atomic E-state index is 14.7. The van der Waals surface area contributed by atoms with E-state index in [-0.39, 0.29) is 7.60 Å². The minimum absolute atomic E-state index is 0.194. The standard InChI is InChI=1S/2C15H9ClFO.2C2H5.Sn/c2*16-14-6-4-12(5-7-14)13(10-18)8-11-2-1-3-15(17)9-11;2*1-2;/h2*1-9H;2*1H2,2H3;/b2*13-8-;;;. The summed E-state index contributed by atoms with van der Waals surface area (Å²) in [5.41, 5.74) is 2.92. The Labute approximate surface area is 253 Å². The first-order valence-electron chi connectivity index (χ1n) is 13.2. The summed E-state index contributed by atoms with van der Waals surface area (Å²) in [6, 6.07) is 25.6. The van der Waals surface area contributed by atoms with Crippen LogP contribution in [-0.2, 0) is 9.59 Å². The molecular weight excluding hydrogens is 668 g/mol. The predicted octanol–water partition coefficient (Wildman–Crippen LogP) is 9.76. The van der Waals surface area contributed by atoms with Crippen LogP contribution in [0.25, 0.3) is 23.3 Å². The second-order valence-corrected chi connectivity index (χ2v) is 23.4. The van der Waals surface area contributed by atoms with Crippen molar-refractivity contribution in [2.24, 2.45) is 0 Å². The van der Waals surface area contributed by atoms with Gasteiger partial charge in [0.05, 0.1) is 0 Å². The fourth-order valence-electron chi connectivity index (χ4n) is 4.86. The molecule has 0 aliphatic rings. The van der Waals surface area contributed by atoms with Crippen LogP contribution in [0.1, 0.15) is 36.1 Å². The van der Waals surface area contributed by atoms with E-state index in [0.717, 1.165) is 0 Å². The number of rotatable bonds is 10. The van der Waals surface area contributed by atoms with Crippen molar-refractivity contribution in [3.8, 4) is 0 Å². The topological polar surface area (TPSA) is 34.1 Å². The van der Waals surface area contributed by atoms with Crippen LogP contribution in [-0.4, -0.2) is 26.0 Å². The Balaban J connectivity index is 1.91. The third kappa shape index (κ3) is 7.24. The molecule has 0 aliphatic heterocycles. The molecule has 0 radical (unpaired) electrons. The normalized spacial score (nSPS) is 12.3. The van der Waals surface area contributed by atoms with Gasteiger partial charge >= 0.3 is 255 Å². The van der Waals surface area contributed by atoms with Gasteiger partial charge in [0.1, 0.15) is 0 Å². The van der Waals surface area contributed by atoms with Crippen LogP contribution < -0.4 is 0 Å². The van der Waals surface area contributed by atoms with Crippen molar-refractivity contribution in [3.05, 3.63) is 141 Å². The third-order valence-corrected chi connectivity index (χ3v) is 21.1. The molecule has 0 atom stereocenters. The van der Waals surface area contributed by atoms with Crippen molar-refractivity contribution in [3.63, 3.8) is 0 Å². The van der Waals surface area contributed by atoms with Crippen LogP contribution in [0.3, 0.4) is 0 Å². The Morgan fingerprint density at radius 2 is 1.00 bits per heavy atom. The van der Waals surface area contributed by atoms with E-state index in [2.05, 4.69) is 0 Å². The molecule has 0 spiro atoms. The van der Waals surface area contributed by atoms with Crippen LogP contribution >= 0.6 is 23.2 Å². The number of halogens is 4. The Morgan fingerprint density at radius 1 is 0.634 bits per heavy atom. The van der Waals surface area contributed by atoms with Gasteiger partial charge in [0.25, 0.3) is 0 Å². The van der Waals surface area contributed by atoms with Crippen LogP contribution in [0.2, 0.25) is 18.9 Å². The molecule has 2 nitrogen and oxygen atoms in total. The van der Waals surface area contributed by atoms with E-state index in [0.29, 0.717) is 52.3 Å². The third-order valence-electron chi connectivity index (χ3n) is 7.20. The van der Waals surface area contributed by atoms with Gasteiger partial charge in [0.2, 0.25) is 0 Å². The summed E-state index contributed by atoms with van der Waals surface area (Å²) in [4.78, 5) is 29.4. The number of allylic oxidation sites excluding steroid dienone is 2. The molecule has 0 N–H and O–H groups in total. The zero-order chi connectivity index (χ0) is 29.6. The van der Waals surface area contributed by atoms with Gasteiger partial charge in [0.15, 0.2) is 0 Å². The summed E-state index contributed by atoms with van der Waals surface area (Å²) < 4.78 is 28.6. The number of carbonyl (C=O) groups is 2. The van der Waals surface area contributed by atoms with E-state index in [1.54, 1.807) is 84.9 Å². The van der Waals surface area contributed by atoms with Crippen molar-refractivity contribution >= 4 is 72.5 Å². The molecule has 0 aromatic heterocycles. The number of hydrogen-bond acceptors (Lipinski definition) is 2. The van der Waals surface area contributed by atoms with Crippen LogP contribution in [0, 0.1) is 11.6 Å². The Hall–Kier alpha value is -3.06. The van der Waals surface area contributed by atoms with Crippen molar-refractivity contribution in [1.29, 1.82) is 0 Å². The van der Waals surface area contributed by atoms with Gasteiger partial charge < -0.3 is 0 Å². The summed E-state index contributed by atoms with van der Waals surface area (Å²) in [5, 5.41) is 1.01. The van der Waals surface area contributed by atoms with Crippen LogP contribution in [0.15, 0.2) is 97.1 Å². The fraction of sp³-hybridized carbons (Fsp3) is 0.118. The zero-order valence-corrected chi connectivity index (χ0v) is 27.0. The molecular formula is C34H28Cl2F2O2Sn. The first-order chi connectivity index (χ1) is 19.7. The zero-order valence-electron chi connectivity index (χ0n) is 22.6. The molecule has 7 heteroatoms. The van der Waals surface area contributed by atoms with E-state index in [9.17, 15) is 18.4 Å². The van der Waals surface area contributed by atoms with Crippen LogP contribution in [0.4, 0.5) is 8.78 Å². The molecule has 0 aliphatic carbocycles. The summed E-state index contributed by atoms with van der Waals surface area (Å²) in [7, 11) is 0. The number of benzene rings is 4. The molecule has 0 heterocycles. The Morgan fingerprint density at radius 3 is 1.32 bits per heavy atom. The number of hydrogen-bond donors (Lipinski definition) is 0. The van der Waals surface area contributed by atoms with E-state index < -0.39 is 30.0 Å². The molecule has 0 amide bonds. The molecule has 4 aromatic carbocycles. The second kappa shape index (κ2) is 13.7. The van der Waals surface area contributed by atoms with E-state index in [4.69, 9.17) is 23.2 Å². The van der Waals surface area contributed by atoms with E-state index in [1.807, 2.05) is 13.8 Å². The van der Waals surface area contributed by atoms with Crippen molar-refractivity contribution in [2.75, 3.05) is 0 Å². The first kappa shape index (κ1) is 30.9.